The van der Waals surface area contributed by atoms with Crippen LogP contribution in [0.5, 0.6) is 0 Å². The maximum atomic E-state index is 7.02. The Bertz CT molecular complexity index is 4560. The van der Waals surface area contributed by atoms with E-state index < -0.39 is 0 Å². The summed E-state index contributed by atoms with van der Waals surface area (Å²) in [4.78, 5) is 19.0. The summed E-state index contributed by atoms with van der Waals surface area (Å²) in [5.74, 6) is 1.90. The van der Waals surface area contributed by atoms with Crippen LogP contribution in [-0.2, 0) is 6.42 Å². The fraction of sp³-hybridized carbons (Fsp3) is 0.0299. The van der Waals surface area contributed by atoms with Crippen molar-refractivity contribution in [1.29, 1.82) is 0 Å². The van der Waals surface area contributed by atoms with E-state index in [9.17, 15) is 0 Å². The summed E-state index contributed by atoms with van der Waals surface area (Å²) in [7, 11) is 0. The first kappa shape index (κ1) is 39.4. The lowest BCUT2D eigenvalue weighted by atomic mass is 9.84. The zero-order chi connectivity index (χ0) is 47.0. The fourth-order valence-corrected chi connectivity index (χ4v) is 12.0. The summed E-state index contributed by atoms with van der Waals surface area (Å²) >= 11 is 0. The van der Waals surface area contributed by atoms with Crippen LogP contribution in [0, 0.1) is 0 Å². The zero-order valence-electron chi connectivity index (χ0n) is 38.8. The molecule has 0 fully saturated rings. The highest BCUT2D eigenvalue weighted by Crippen LogP contribution is 2.55. The standard InChI is InChI=1S/C67H40N4O/c1-3-16-44-35-60-56(33-42(44)14-1)57-34-43-15-2-4-17-45(43)36-61(57)71(60)62-37-58-55-30-25-41-13-7-10-20-54(41)64(55)72-63(58)38-59(62)67-69-65(48-26-28-52-46(31-48)23-21-39-11-5-8-18-50(39)52)68-66(70-67)49-27-29-53-47(32-49)24-22-40-12-6-9-19-51(40)53/h1-33,35-38,57H,34H2. The van der Waals surface area contributed by atoms with Crippen LogP contribution < -0.4 is 4.90 Å². The number of rotatable bonds is 4. The molecule has 1 unspecified atom stereocenters. The van der Waals surface area contributed by atoms with Gasteiger partial charge in [-0.3, -0.25) is 0 Å². The Kier molecular flexibility index (Phi) is 8.22. The quantitative estimate of drug-likeness (QED) is 0.165. The third-order valence-electron chi connectivity index (χ3n) is 15.5. The molecular weight excluding hydrogens is 877 g/mol. The van der Waals surface area contributed by atoms with Gasteiger partial charge in [0, 0.05) is 44.5 Å². The first-order chi connectivity index (χ1) is 35.6. The Balaban J connectivity index is 0.992. The Morgan fingerprint density at radius 3 is 1.61 bits per heavy atom. The number of aromatic nitrogens is 3. The summed E-state index contributed by atoms with van der Waals surface area (Å²) < 4.78 is 7.02. The number of hydrogen-bond donors (Lipinski definition) is 0. The van der Waals surface area contributed by atoms with E-state index in [0.29, 0.717) is 17.5 Å². The molecule has 1 aliphatic carbocycles. The number of nitrogens with zero attached hydrogens (tertiary/aromatic N) is 4. The summed E-state index contributed by atoms with van der Waals surface area (Å²) in [6, 6.07) is 78.9. The normalized spacial score (nSPS) is 14.2. The molecule has 5 heteroatoms. The van der Waals surface area contributed by atoms with Crippen LogP contribution >= 0.6 is 0 Å². The molecule has 0 radical (unpaired) electrons. The van der Waals surface area contributed by atoms with Crippen molar-refractivity contribution in [3.63, 3.8) is 0 Å². The van der Waals surface area contributed by atoms with Crippen molar-refractivity contribution in [3.8, 4) is 34.2 Å². The fourth-order valence-electron chi connectivity index (χ4n) is 12.0. The maximum Gasteiger partial charge on any atom is 0.166 e. The second-order valence-electron chi connectivity index (χ2n) is 19.5. The van der Waals surface area contributed by atoms with Crippen molar-refractivity contribution < 1.29 is 4.42 Å². The minimum absolute atomic E-state index is 0.139. The lowest BCUT2D eigenvalue weighted by molar-refractivity contribution is 0.672. The number of hydrogen-bond acceptors (Lipinski definition) is 5. The van der Waals surface area contributed by atoms with Crippen molar-refractivity contribution in [2.75, 3.05) is 4.90 Å². The first-order valence-corrected chi connectivity index (χ1v) is 24.7. The minimum Gasteiger partial charge on any atom is -0.455 e. The van der Waals surface area contributed by atoms with E-state index in [4.69, 9.17) is 19.4 Å². The second-order valence-corrected chi connectivity index (χ2v) is 19.5. The molecule has 334 valence electrons. The third-order valence-corrected chi connectivity index (χ3v) is 15.5. The molecule has 1 atom stereocenters. The van der Waals surface area contributed by atoms with Crippen molar-refractivity contribution >= 4 is 104 Å². The molecule has 72 heavy (non-hydrogen) atoms. The van der Waals surface area contributed by atoms with Gasteiger partial charge in [0.15, 0.2) is 17.5 Å². The molecule has 0 saturated carbocycles. The van der Waals surface area contributed by atoms with Crippen LogP contribution in [0.4, 0.5) is 11.4 Å². The van der Waals surface area contributed by atoms with Gasteiger partial charge in [-0.1, -0.05) is 176 Å². The molecule has 0 N–H and O–H groups in total. The molecule has 5 nitrogen and oxygen atoms in total. The predicted octanol–water partition coefficient (Wildman–Crippen LogP) is 17.5. The summed E-state index contributed by atoms with van der Waals surface area (Å²) in [6.45, 7) is 0. The topological polar surface area (TPSA) is 55.1 Å². The van der Waals surface area contributed by atoms with Crippen LogP contribution in [-0.4, -0.2) is 15.0 Å². The van der Waals surface area contributed by atoms with E-state index in [-0.39, 0.29) is 5.92 Å². The molecule has 16 rings (SSSR count). The molecular formula is C67H40N4O. The maximum absolute atomic E-state index is 7.02. The van der Waals surface area contributed by atoms with Crippen LogP contribution in [0.1, 0.15) is 22.6 Å². The highest BCUT2D eigenvalue weighted by atomic mass is 16.3. The first-order valence-electron chi connectivity index (χ1n) is 24.7. The molecule has 1 aliphatic heterocycles. The van der Waals surface area contributed by atoms with Gasteiger partial charge in [-0.25, -0.2) is 15.0 Å². The van der Waals surface area contributed by atoms with Gasteiger partial charge in [0.2, 0.25) is 0 Å². The van der Waals surface area contributed by atoms with Crippen molar-refractivity contribution in [2.24, 2.45) is 0 Å². The second kappa shape index (κ2) is 15.0. The molecule has 2 aliphatic rings. The number of fused-ring (bicyclic) bond motifs is 16. The van der Waals surface area contributed by atoms with Gasteiger partial charge in [0.05, 0.1) is 11.4 Å². The van der Waals surface area contributed by atoms with Gasteiger partial charge < -0.3 is 9.32 Å². The van der Waals surface area contributed by atoms with Gasteiger partial charge in [0.1, 0.15) is 11.2 Å². The molecule has 0 amide bonds. The third kappa shape index (κ3) is 5.91. The number of benzene rings is 12. The SMILES string of the molecule is C1=C2C(Cc3ccccc31)c1cc3ccccc3cc1N2c1cc2c(cc1-c1nc(-c3ccc4c(ccc5ccccc54)c3)nc(-c3ccc4c(ccc5ccccc54)c3)n1)oc1c3ccccc3ccc21. The molecule has 0 bridgehead atoms. The highest BCUT2D eigenvalue weighted by Gasteiger charge is 2.39. The monoisotopic (exact) mass is 916 g/mol. The minimum atomic E-state index is 0.139. The van der Waals surface area contributed by atoms with E-state index in [1.807, 2.05) is 0 Å². The summed E-state index contributed by atoms with van der Waals surface area (Å²) in [5, 5.41) is 16.2. The van der Waals surface area contributed by atoms with Gasteiger partial charge in [-0.2, -0.15) is 0 Å². The van der Waals surface area contributed by atoms with Crippen molar-refractivity contribution in [3.05, 3.63) is 241 Å². The smallest absolute Gasteiger partial charge is 0.166 e. The van der Waals surface area contributed by atoms with Crippen LogP contribution in [0.15, 0.2) is 229 Å². The van der Waals surface area contributed by atoms with Crippen LogP contribution in [0.3, 0.4) is 0 Å². The van der Waals surface area contributed by atoms with Gasteiger partial charge in [0.25, 0.3) is 0 Å². The van der Waals surface area contributed by atoms with Gasteiger partial charge >= 0.3 is 0 Å². The van der Waals surface area contributed by atoms with Crippen LogP contribution in [0.2, 0.25) is 0 Å². The average molecular weight is 917 g/mol. The lowest BCUT2D eigenvalue weighted by Crippen LogP contribution is -2.18. The molecule has 3 heterocycles. The predicted molar refractivity (Wildman–Crippen MR) is 298 cm³/mol. The van der Waals surface area contributed by atoms with E-state index in [1.54, 1.807) is 0 Å². The van der Waals surface area contributed by atoms with Gasteiger partial charge in [-0.05, 0) is 131 Å². The van der Waals surface area contributed by atoms with E-state index in [1.165, 1.54) is 65.5 Å². The Morgan fingerprint density at radius 1 is 0.389 bits per heavy atom. The Hall–Kier alpha value is -9.45. The summed E-state index contributed by atoms with van der Waals surface area (Å²) in [5.41, 5.74) is 11.6. The van der Waals surface area contributed by atoms with Gasteiger partial charge in [-0.15, -0.1) is 0 Å². The molecule has 14 aromatic rings. The van der Waals surface area contributed by atoms with E-state index in [2.05, 4.69) is 229 Å². The zero-order valence-corrected chi connectivity index (χ0v) is 38.8. The number of furan rings is 1. The molecule has 0 saturated heterocycles. The van der Waals surface area contributed by atoms with Crippen molar-refractivity contribution in [1.82, 2.24) is 15.0 Å². The van der Waals surface area contributed by atoms with Crippen LogP contribution in [0.25, 0.3) is 127 Å². The summed E-state index contributed by atoms with van der Waals surface area (Å²) in [6.07, 6.45) is 3.31. The van der Waals surface area contributed by atoms with Crippen molar-refractivity contribution in [2.45, 2.75) is 12.3 Å². The molecule has 12 aromatic carbocycles. The lowest BCUT2D eigenvalue weighted by Gasteiger charge is -2.29. The Labute approximate surface area is 413 Å². The number of allylic oxidation sites excluding steroid dienone is 1. The Morgan fingerprint density at radius 2 is 0.917 bits per heavy atom. The number of anilines is 2. The highest BCUT2D eigenvalue weighted by molar-refractivity contribution is 6.17. The molecule has 2 aromatic heterocycles. The van der Waals surface area contributed by atoms with E-state index in [0.717, 1.165) is 78.0 Å². The van der Waals surface area contributed by atoms with E-state index >= 15 is 0 Å². The molecule has 0 spiro atoms. The largest absolute Gasteiger partial charge is 0.455 e. The average Bonchev–Trinajstić information content (AvgIpc) is 3.97.